The third-order valence-electron chi connectivity index (χ3n) is 13.9. The summed E-state index contributed by atoms with van der Waals surface area (Å²) < 4.78 is 30.3. The van der Waals surface area contributed by atoms with Crippen molar-refractivity contribution in [3.8, 4) is 0 Å². The molecule has 0 aromatic rings. The number of allylic oxidation sites excluding steroid dienone is 9. The number of carbonyl (C=O) groups is 2. The standard InChI is InChI=1S/C65H121N2O7P/c1-7-10-13-16-19-22-25-28-30-31-32-33-34-35-37-40-43-46-49-52-55-58-65(69)74-63(56-53-50-47-44-41-38-27-24-21-18-15-12-9-3)62(61-73-75(70,71)72-60-59-67(4,5)6)66-64(68)57-54-51-48-45-42-39-36-29-26-23-20-17-14-11-8-2/h19-20,22-23,26,28-30,53,56,62-63H,7-18,21,24-25,27,31-52,54-55,57-61H2,1-6H3,(H-,66,68,70,71)/b22-19-,23-20+,29-26+,30-28-,56-53-. The van der Waals surface area contributed by atoms with Gasteiger partial charge in [-0.15, -0.1) is 0 Å². The number of nitrogens with one attached hydrogen (secondary N) is 1. The number of amides is 1. The predicted octanol–water partition coefficient (Wildman–Crippen LogP) is 18.8. The molecule has 0 saturated heterocycles. The summed E-state index contributed by atoms with van der Waals surface area (Å²) in [6, 6.07) is -0.896. The molecule has 0 heterocycles. The summed E-state index contributed by atoms with van der Waals surface area (Å²) in [5.41, 5.74) is 0. The minimum Gasteiger partial charge on any atom is -0.756 e. The molecule has 0 aliphatic heterocycles. The van der Waals surface area contributed by atoms with E-state index in [1.54, 1.807) is 0 Å². The zero-order chi connectivity index (χ0) is 55.0. The maximum Gasteiger partial charge on any atom is 0.306 e. The van der Waals surface area contributed by atoms with Gasteiger partial charge < -0.3 is 28.5 Å². The SMILES string of the molecule is CCCCC/C=C\C/C=C\CCCCCCCCCCCCCC(=O)OC(/C=C\CCCCCCCCCCCCC)C(COP(=O)([O-])OCC[N+](C)(C)C)NC(=O)CCCCCCCC/C=C/C=C/CCCCC. The molecule has 0 radical (unpaired) electrons. The monoisotopic (exact) mass is 1070 g/mol. The predicted molar refractivity (Wildman–Crippen MR) is 321 cm³/mol. The van der Waals surface area contributed by atoms with E-state index in [-0.39, 0.29) is 24.9 Å². The Morgan fingerprint density at radius 1 is 0.480 bits per heavy atom. The number of unbranched alkanes of at least 4 members (excludes halogenated alkanes) is 34. The van der Waals surface area contributed by atoms with E-state index in [4.69, 9.17) is 13.8 Å². The Kier molecular flexibility index (Phi) is 53.4. The van der Waals surface area contributed by atoms with Gasteiger partial charge in [-0.1, -0.05) is 249 Å². The summed E-state index contributed by atoms with van der Waals surface area (Å²) in [4.78, 5) is 40.0. The third kappa shape index (κ3) is 56.2. The molecule has 3 atom stereocenters. The Balaban J connectivity index is 5.25. The van der Waals surface area contributed by atoms with E-state index in [1.165, 1.54) is 161 Å². The molecule has 3 unspecified atom stereocenters. The summed E-state index contributed by atoms with van der Waals surface area (Å²) in [6.45, 7) is 6.80. The molecular weight excluding hydrogens is 952 g/mol. The van der Waals surface area contributed by atoms with E-state index in [1.807, 2.05) is 33.3 Å². The number of rotatable bonds is 57. The molecule has 10 heteroatoms. The average molecular weight is 1070 g/mol. The second kappa shape index (κ2) is 55.0. The van der Waals surface area contributed by atoms with E-state index in [0.29, 0.717) is 17.4 Å². The number of ether oxygens (including phenoxy) is 1. The molecular formula is C65H121N2O7P. The highest BCUT2D eigenvalue weighted by Crippen LogP contribution is 2.38. The molecule has 9 nitrogen and oxygen atoms in total. The highest BCUT2D eigenvalue weighted by Gasteiger charge is 2.27. The Labute approximate surface area is 464 Å². The number of nitrogens with zero attached hydrogens (tertiary/aromatic N) is 1. The molecule has 0 rings (SSSR count). The van der Waals surface area contributed by atoms with Crippen LogP contribution in [0.5, 0.6) is 0 Å². The Morgan fingerprint density at radius 2 is 0.853 bits per heavy atom. The van der Waals surface area contributed by atoms with E-state index >= 15 is 0 Å². The van der Waals surface area contributed by atoms with Crippen LogP contribution in [0.2, 0.25) is 0 Å². The van der Waals surface area contributed by atoms with Crippen LogP contribution in [0.15, 0.2) is 60.8 Å². The van der Waals surface area contributed by atoms with Gasteiger partial charge in [-0.05, 0) is 89.5 Å². The van der Waals surface area contributed by atoms with Crippen molar-refractivity contribution in [2.24, 2.45) is 0 Å². The first-order valence-corrected chi connectivity index (χ1v) is 33.1. The largest absolute Gasteiger partial charge is 0.756 e. The van der Waals surface area contributed by atoms with Crippen molar-refractivity contribution >= 4 is 19.7 Å². The summed E-state index contributed by atoms with van der Waals surface area (Å²) in [5.74, 6) is -0.551. The highest BCUT2D eigenvalue weighted by atomic mass is 31.2. The number of quaternary nitrogens is 1. The van der Waals surface area contributed by atoms with Gasteiger partial charge in [0, 0.05) is 12.8 Å². The first-order valence-electron chi connectivity index (χ1n) is 31.6. The lowest BCUT2D eigenvalue weighted by atomic mass is 10.0. The van der Waals surface area contributed by atoms with Gasteiger partial charge in [-0.25, -0.2) is 0 Å². The summed E-state index contributed by atoms with van der Waals surface area (Å²) >= 11 is 0. The van der Waals surface area contributed by atoms with Gasteiger partial charge >= 0.3 is 5.97 Å². The van der Waals surface area contributed by atoms with Crippen LogP contribution in [0.25, 0.3) is 0 Å². The molecule has 438 valence electrons. The van der Waals surface area contributed by atoms with E-state index < -0.39 is 26.6 Å². The van der Waals surface area contributed by atoms with Crippen LogP contribution >= 0.6 is 7.82 Å². The van der Waals surface area contributed by atoms with Crippen LogP contribution in [0.3, 0.4) is 0 Å². The number of esters is 1. The van der Waals surface area contributed by atoms with Crippen molar-refractivity contribution in [3.05, 3.63) is 60.8 Å². The molecule has 0 aliphatic rings. The van der Waals surface area contributed by atoms with Gasteiger partial charge in [-0.3, -0.25) is 14.2 Å². The lowest BCUT2D eigenvalue weighted by Gasteiger charge is -2.30. The van der Waals surface area contributed by atoms with Crippen LogP contribution in [0.4, 0.5) is 0 Å². The molecule has 0 bridgehead atoms. The highest BCUT2D eigenvalue weighted by molar-refractivity contribution is 7.45. The average Bonchev–Trinajstić information content (AvgIpc) is 3.37. The quantitative estimate of drug-likeness (QED) is 0.0161. The van der Waals surface area contributed by atoms with Crippen molar-refractivity contribution in [1.82, 2.24) is 5.32 Å². The van der Waals surface area contributed by atoms with Crippen LogP contribution in [0.1, 0.15) is 290 Å². The van der Waals surface area contributed by atoms with Gasteiger partial charge in [0.25, 0.3) is 7.82 Å². The fraction of sp³-hybridized carbons (Fsp3) is 0.815. The molecule has 0 saturated carbocycles. The minimum absolute atomic E-state index is 0.0257. The molecule has 0 aromatic carbocycles. The van der Waals surface area contributed by atoms with E-state index in [2.05, 4.69) is 74.7 Å². The molecule has 0 aliphatic carbocycles. The normalized spacial score (nSPS) is 14.1. The van der Waals surface area contributed by atoms with Gasteiger partial charge in [0.15, 0.2) is 0 Å². The molecule has 75 heavy (non-hydrogen) atoms. The van der Waals surface area contributed by atoms with Crippen LogP contribution in [-0.2, 0) is 27.9 Å². The summed E-state index contributed by atoms with van der Waals surface area (Å²) in [5, 5.41) is 3.02. The van der Waals surface area contributed by atoms with Gasteiger partial charge in [0.05, 0.1) is 33.8 Å². The van der Waals surface area contributed by atoms with Crippen LogP contribution in [-0.4, -0.2) is 69.4 Å². The Morgan fingerprint density at radius 3 is 1.31 bits per heavy atom. The molecule has 0 spiro atoms. The molecule has 1 amide bonds. The summed E-state index contributed by atoms with van der Waals surface area (Å²) in [7, 11) is 1.18. The number of phosphoric acid groups is 1. The van der Waals surface area contributed by atoms with Gasteiger partial charge in [-0.2, -0.15) is 0 Å². The number of likely N-dealkylation sites (N-methyl/N-ethyl adjacent to an activating group) is 1. The third-order valence-corrected chi connectivity index (χ3v) is 14.9. The van der Waals surface area contributed by atoms with Crippen molar-refractivity contribution in [2.75, 3.05) is 40.9 Å². The summed E-state index contributed by atoms with van der Waals surface area (Å²) in [6.07, 6.45) is 68.9. The maximum atomic E-state index is 13.5. The lowest BCUT2D eigenvalue weighted by Crippen LogP contribution is -2.47. The fourth-order valence-corrected chi connectivity index (χ4v) is 9.74. The van der Waals surface area contributed by atoms with Crippen molar-refractivity contribution < 1.29 is 37.3 Å². The van der Waals surface area contributed by atoms with E-state index in [0.717, 1.165) is 96.3 Å². The number of hydrogen-bond acceptors (Lipinski definition) is 7. The smallest absolute Gasteiger partial charge is 0.306 e. The van der Waals surface area contributed by atoms with Crippen LogP contribution in [0, 0.1) is 0 Å². The first kappa shape index (κ1) is 72.7. The maximum absolute atomic E-state index is 13.5. The number of phosphoric ester groups is 1. The zero-order valence-corrected chi connectivity index (χ0v) is 50.9. The van der Waals surface area contributed by atoms with Gasteiger partial charge in [0.1, 0.15) is 19.3 Å². The van der Waals surface area contributed by atoms with Gasteiger partial charge in [0.2, 0.25) is 5.91 Å². The topological polar surface area (TPSA) is 114 Å². The minimum atomic E-state index is -4.70. The van der Waals surface area contributed by atoms with Crippen molar-refractivity contribution in [2.45, 2.75) is 303 Å². The Hall–Kier alpha value is -2.29. The Bertz CT molecular complexity index is 1470. The second-order valence-electron chi connectivity index (χ2n) is 22.6. The molecule has 1 N–H and O–H groups in total. The fourth-order valence-electron chi connectivity index (χ4n) is 9.01. The van der Waals surface area contributed by atoms with E-state index in [9.17, 15) is 19.0 Å². The first-order chi connectivity index (χ1) is 36.4. The lowest BCUT2D eigenvalue weighted by molar-refractivity contribution is -0.870. The van der Waals surface area contributed by atoms with Crippen LogP contribution < -0.4 is 10.2 Å². The number of hydrogen-bond donors (Lipinski definition) is 1. The zero-order valence-electron chi connectivity index (χ0n) is 50.0. The molecule has 0 fully saturated rings. The number of carbonyl (C=O) groups excluding carboxylic acids is 2. The second-order valence-corrected chi connectivity index (χ2v) is 24.0. The van der Waals surface area contributed by atoms with Crippen molar-refractivity contribution in [1.29, 1.82) is 0 Å². The van der Waals surface area contributed by atoms with Crippen molar-refractivity contribution in [3.63, 3.8) is 0 Å². The molecule has 0 aromatic heterocycles.